The molecule has 0 bridgehead atoms. The molecule has 0 fully saturated rings. The van der Waals surface area contributed by atoms with Crippen molar-refractivity contribution in [3.05, 3.63) is 5.82 Å². The Hall–Kier alpha value is -0.680. The van der Waals surface area contributed by atoms with E-state index >= 15 is 0 Å². The van der Waals surface area contributed by atoms with E-state index in [0.29, 0.717) is 12.5 Å². The molecular weight excluding hydrogens is 220 g/mol. The first-order valence-corrected chi connectivity index (χ1v) is 6.72. The molecule has 5 heteroatoms. The third-order valence-electron chi connectivity index (χ3n) is 2.19. The zero-order valence-corrected chi connectivity index (χ0v) is 11.3. The van der Waals surface area contributed by atoms with E-state index in [-0.39, 0.29) is 0 Å². The van der Waals surface area contributed by atoms with Crippen LogP contribution in [0.4, 0.5) is 5.13 Å². The topological polar surface area (TPSA) is 55.0 Å². The van der Waals surface area contributed by atoms with E-state index in [4.69, 9.17) is 5.73 Å². The molecule has 0 aromatic carbocycles. The van der Waals surface area contributed by atoms with Gasteiger partial charge in [0.1, 0.15) is 5.82 Å². The summed E-state index contributed by atoms with van der Waals surface area (Å²) in [6.45, 7) is 9.08. The van der Waals surface area contributed by atoms with Crippen LogP contribution in [0.1, 0.15) is 33.0 Å². The van der Waals surface area contributed by atoms with Crippen molar-refractivity contribution in [2.24, 2.45) is 11.7 Å². The summed E-state index contributed by atoms with van der Waals surface area (Å²) >= 11 is 1.49. The summed E-state index contributed by atoms with van der Waals surface area (Å²) < 4.78 is 4.36. The minimum Gasteiger partial charge on any atom is -0.345 e. The Labute approximate surface area is 102 Å². The molecule has 1 aromatic heterocycles. The fourth-order valence-electron chi connectivity index (χ4n) is 1.56. The van der Waals surface area contributed by atoms with Gasteiger partial charge in [0.15, 0.2) is 0 Å². The molecule has 0 atom stereocenters. The highest BCUT2D eigenvalue weighted by molar-refractivity contribution is 7.09. The second kappa shape index (κ2) is 6.81. The van der Waals surface area contributed by atoms with E-state index in [1.54, 1.807) is 0 Å². The fraction of sp³-hybridized carbons (Fsp3) is 0.818. The van der Waals surface area contributed by atoms with Gasteiger partial charge in [-0.25, -0.2) is 4.98 Å². The highest BCUT2D eigenvalue weighted by Gasteiger charge is 2.12. The van der Waals surface area contributed by atoms with E-state index in [2.05, 4.69) is 35.0 Å². The van der Waals surface area contributed by atoms with Crippen molar-refractivity contribution in [3.63, 3.8) is 0 Å². The van der Waals surface area contributed by atoms with E-state index in [1.807, 2.05) is 0 Å². The van der Waals surface area contributed by atoms with Crippen molar-refractivity contribution in [1.82, 2.24) is 9.36 Å². The molecule has 0 amide bonds. The summed E-state index contributed by atoms with van der Waals surface area (Å²) in [6, 6.07) is 0. The maximum absolute atomic E-state index is 5.62. The standard InChI is InChI=1S/C11H22N4S/c1-4-5-10-13-11(16-14-10)15(7-6-12)8-9(2)3/h9H,4-8,12H2,1-3H3. The molecule has 92 valence electrons. The summed E-state index contributed by atoms with van der Waals surface area (Å²) in [7, 11) is 0. The van der Waals surface area contributed by atoms with Gasteiger partial charge in [0, 0.05) is 37.6 Å². The van der Waals surface area contributed by atoms with Crippen LogP contribution in [0.25, 0.3) is 0 Å². The third-order valence-corrected chi connectivity index (χ3v) is 3.00. The Morgan fingerprint density at radius 2 is 2.19 bits per heavy atom. The Morgan fingerprint density at radius 1 is 1.44 bits per heavy atom. The number of hydrogen-bond acceptors (Lipinski definition) is 5. The fourth-order valence-corrected chi connectivity index (χ4v) is 2.31. The summed E-state index contributed by atoms with van der Waals surface area (Å²) in [5, 5.41) is 1.02. The minimum absolute atomic E-state index is 0.616. The van der Waals surface area contributed by atoms with Crippen molar-refractivity contribution in [2.45, 2.75) is 33.6 Å². The SMILES string of the molecule is CCCc1nsc(N(CCN)CC(C)C)n1. The van der Waals surface area contributed by atoms with Gasteiger partial charge in [-0.15, -0.1) is 0 Å². The molecule has 1 heterocycles. The molecule has 0 aliphatic heterocycles. The summed E-state index contributed by atoms with van der Waals surface area (Å²) in [5.74, 6) is 1.58. The molecule has 4 nitrogen and oxygen atoms in total. The van der Waals surface area contributed by atoms with Gasteiger partial charge in [-0.3, -0.25) is 0 Å². The number of aryl methyl sites for hydroxylation is 1. The molecule has 0 aliphatic carbocycles. The number of nitrogens with zero attached hydrogens (tertiary/aromatic N) is 3. The molecular formula is C11H22N4S. The van der Waals surface area contributed by atoms with Crippen LogP contribution in [0.2, 0.25) is 0 Å². The third kappa shape index (κ3) is 4.06. The van der Waals surface area contributed by atoms with Crippen molar-refractivity contribution in [2.75, 3.05) is 24.5 Å². The van der Waals surface area contributed by atoms with E-state index in [1.165, 1.54) is 11.5 Å². The maximum atomic E-state index is 5.62. The van der Waals surface area contributed by atoms with Gasteiger partial charge in [-0.2, -0.15) is 4.37 Å². The normalized spacial score (nSPS) is 11.1. The number of nitrogens with two attached hydrogens (primary N) is 1. The first-order chi connectivity index (χ1) is 7.67. The van der Waals surface area contributed by atoms with Gasteiger partial charge in [0.2, 0.25) is 5.13 Å². The van der Waals surface area contributed by atoms with Crippen LogP contribution >= 0.6 is 11.5 Å². The van der Waals surface area contributed by atoms with Crippen LogP contribution in [0.5, 0.6) is 0 Å². The Bertz CT molecular complexity index is 298. The maximum Gasteiger partial charge on any atom is 0.205 e. The van der Waals surface area contributed by atoms with Crippen LogP contribution in [-0.4, -0.2) is 29.0 Å². The molecule has 0 unspecified atom stereocenters. The lowest BCUT2D eigenvalue weighted by molar-refractivity contribution is 0.610. The van der Waals surface area contributed by atoms with Crippen LogP contribution in [0.15, 0.2) is 0 Å². The Morgan fingerprint density at radius 3 is 2.75 bits per heavy atom. The number of aromatic nitrogens is 2. The van der Waals surface area contributed by atoms with E-state index in [9.17, 15) is 0 Å². The predicted octanol–water partition coefficient (Wildman–Crippen LogP) is 1.91. The van der Waals surface area contributed by atoms with Gasteiger partial charge in [-0.05, 0) is 12.3 Å². The molecule has 1 rings (SSSR count). The molecule has 0 saturated heterocycles. The number of anilines is 1. The molecule has 2 N–H and O–H groups in total. The van der Waals surface area contributed by atoms with Crippen LogP contribution in [-0.2, 0) is 6.42 Å². The van der Waals surface area contributed by atoms with Crippen LogP contribution in [0, 0.1) is 5.92 Å². The molecule has 0 aliphatic rings. The molecule has 0 spiro atoms. The van der Waals surface area contributed by atoms with Gasteiger partial charge in [-0.1, -0.05) is 20.8 Å². The van der Waals surface area contributed by atoms with Crippen molar-refractivity contribution in [1.29, 1.82) is 0 Å². The lowest BCUT2D eigenvalue weighted by Crippen LogP contribution is -2.32. The minimum atomic E-state index is 0.616. The molecule has 0 saturated carbocycles. The van der Waals surface area contributed by atoms with Crippen LogP contribution in [0.3, 0.4) is 0 Å². The monoisotopic (exact) mass is 242 g/mol. The van der Waals surface area contributed by atoms with Gasteiger partial charge < -0.3 is 10.6 Å². The Balaban J connectivity index is 2.67. The smallest absolute Gasteiger partial charge is 0.205 e. The summed E-state index contributed by atoms with van der Waals surface area (Å²) in [6.07, 6.45) is 2.06. The van der Waals surface area contributed by atoms with Crippen molar-refractivity contribution in [3.8, 4) is 0 Å². The Kier molecular flexibility index (Phi) is 5.69. The van der Waals surface area contributed by atoms with Crippen LogP contribution < -0.4 is 10.6 Å². The van der Waals surface area contributed by atoms with Gasteiger partial charge >= 0.3 is 0 Å². The predicted molar refractivity (Wildman–Crippen MR) is 70.0 cm³/mol. The second-order valence-electron chi connectivity index (χ2n) is 4.37. The first kappa shape index (κ1) is 13.4. The zero-order chi connectivity index (χ0) is 12.0. The van der Waals surface area contributed by atoms with Gasteiger partial charge in [0.25, 0.3) is 0 Å². The summed E-state index contributed by atoms with van der Waals surface area (Å²) in [5.41, 5.74) is 5.62. The average molecular weight is 242 g/mol. The van der Waals surface area contributed by atoms with Gasteiger partial charge in [0.05, 0.1) is 0 Å². The number of rotatable bonds is 7. The highest BCUT2D eigenvalue weighted by Crippen LogP contribution is 2.18. The lowest BCUT2D eigenvalue weighted by atomic mass is 10.2. The van der Waals surface area contributed by atoms with Crippen molar-refractivity contribution < 1.29 is 0 Å². The first-order valence-electron chi connectivity index (χ1n) is 5.95. The highest BCUT2D eigenvalue weighted by atomic mass is 32.1. The zero-order valence-electron chi connectivity index (χ0n) is 10.4. The molecule has 16 heavy (non-hydrogen) atoms. The van der Waals surface area contributed by atoms with Crippen molar-refractivity contribution >= 4 is 16.7 Å². The quantitative estimate of drug-likeness (QED) is 0.793. The second-order valence-corrected chi connectivity index (χ2v) is 5.10. The lowest BCUT2D eigenvalue weighted by Gasteiger charge is -2.22. The van der Waals surface area contributed by atoms with E-state index in [0.717, 1.165) is 36.9 Å². The largest absolute Gasteiger partial charge is 0.345 e. The van der Waals surface area contributed by atoms with E-state index < -0.39 is 0 Å². The molecule has 0 radical (unpaired) electrons. The molecule has 1 aromatic rings. The summed E-state index contributed by atoms with van der Waals surface area (Å²) in [4.78, 5) is 6.79. The number of hydrogen-bond donors (Lipinski definition) is 1. The average Bonchev–Trinajstić information content (AvgIpc) is 2.66.